The van der Waals surface area contributed by atoms with Gasteiger partial charge in [0.2, 0.25) is 0 Å². The topological polar surface area (TPSA) is 67.2 Å². The number of rotatable bonds is 6. The van der Waals surface area contributed by atoms with Crippen LogP contribution in [0.5, 0.6) is 0 Å². The molecule has 3 aromatic rings. The molecule has 6 nitrogen and oxygen atoms in total. The Morgan fingerprint density at radius 3 is 2.74 bits per heavy atom. The molecular weight excluding hydrogens is 429 g/mol. The van der Waals surface area contributed by atoms with E-state index in [1.807, 2.05) is 39.4 Å². The predicted octanol–water partition coefficient (Wildman–Crippen LogP) is 5.71. The van der Waals surface area contributed by atoms with Gasteiger partial charge in [0.25, 0.3) is 0 Å². The second kappa shape index (κ2) is 11.3. The normalized spacial score (nSPS) is 21.1. The second-order valence-corrected chi connectivity index (χ2v) is 9.29. The van der Waals surface area contributed by atoms with Crippen LogP contribution in [0.1, 0.15) is 60.4 Å². The maximum absolute atomic E-state index is 12.6. The SMILES string of the molecule is C.CCOCN[C@H]1CC[C@@H](C2(n3c(=NC)cnc4[nH]ccc43)CC2)C1.Cc1ccc(C)c(F)c1.[HH].[HH]. The van der Waals surface area contributed by atoms with Crippen LogP contribution in [0.25, 0.3) is 11.2 Å². The fourth-order valence-corrected chi connectivity index (χ4v) is 5.14. The van der Waals surface area contributed by atoms with Crippen molar-refractivity contribution >= 4 is 11.2 Å². The molecule has 2 heterocycles. The van der Waals surface area contributed by atoms with E-state index in [4.69, 9.17) is 4.74 Å². The van der Waals surface area contributed by atoms with E-state index < -0.39 is 0 Å². The molecule has 0 bridgehead atoms. The number of ether oxygens (including phenoxy) is 1. The molecule has 0 unspecified atom stereocenters. The van der Waals surface area contributed by atoms with Crippen LogP contribution in [0.3, 0.4) is 0 Å². The number of aromatic nitrogens is 3. The van der Waals surface area contributed by atoms with Gasteiger partial charge in [-0.1, -0.05) is 19.6 Å². The Morgan fingerprint density at radius 2 is 2.09 bits per heavy atom. The van der Waals surface area contributed by atoms with E-state index in [0.717, 1.165) is 23.3 Å². The third kappa shape index (κ3) is 5.41. The van der Waals surface area contributed by atoms with E-state index in [0.29, 0.717) is 24.3 Å². The third-order valence-corrected chi connectivity index (χ3v) is 7.12. The summed E-state index contributed by atoms with van der Waals surface area (Å²) in [6.07, 6.45) is 10.1. The predicted molar refractivity (Wildman–Crippen MR) is 140 cm³/mol. The average molecular weight is 474 g/mol. The fourth-order valence-electron chi connectivity index (χ4n) is 5.14. The zero-order chi connectivity index (χ0) is 23.4. The Kier molecular flexibility index (Phi) is 8.66. The highest BCUT2D eigenvalue weighted by atomic mass is 19.1. The summed E-state index contributed by atoms with van der Waals surface area (Å²) in [5.41, 5.74) is 5.03. The molecule has 2 aliphatic rings. The smallest absolute Gasteiger partial charge is 0.154 e. The van der Waals surface area contributed by atoms with Crippen LogP contribution in [0, 0.1) is 25.6 Å². The summed E-state index contributed by atoms with van der Waals surface area (Å²) in [6.45, 7) is 7.11. The number of aryl methyl sites for hydroxylation is 2. The molecule has 2 aliphatic carbocycles. The molecule has 2 atom stereocenters. The molecule has 2 saturated carbocycles. The van der Waals surface area contributed by atoms with Crippen LogP contribution < -0.4 is 10.8 Å². The lowest BCUT2D eigenvalue weighted by Gasteiger charge is -2.27. The lowest BCUT2D eigenvalue weighted by atomic mass is 9.94. The number of nitrogens with zero attached hydrogens (tertiary/aromatic N) is 3. The number of fused-ring (bicyclic) bond motifs is 1. The number of halogens is 1. The van der Waals surface area contributed by atoms with Crippen molar-refractivity contribution in [1.29, 1.82) is 0 Å². The molecule has 34 heavy (non-hydrogen) atoms. The van der Waals surface area contributed by atoms with Gasteiger partial charge in [0.05, 0.1) is 18.4 Å². The standard InChI is InChI=1S/C18H27N5O.C8H9F.CH4.2H2/c1-3-24-12-22-14-5-4-13(10-14)18(7-8-18)23-15-6-9-20-17(15)21-11-16(23)19-2;1-6-3-4-7(2)8(9)5-6;;;/h6,9,11,13-14,20,22H,3-5,7-8,10,12H2,1-2H3;3-5H,1-2H3;1H4;2*1H/t13-,14+;;;;/m1..../s1. The zero-order valence-corrected chi connectivity index (χ0v) is 20.2. The highest BCUT2D eigenvalue weighted by Crippen LogP contribution is 2.55. The van der Waals surface area contributed by atoms with Crippen LogP contribution in [0.15, 0.2) is 41.7 Å². The molecule has 190 valence electrons. The van der Waals surface area contributed by atoms with Gasteiger partial charge in [0.1, 0.15) is 11.3 Å². The van der Waals surface area contributed by atoms with Crippen molar-refractivity contribution in [2.75, 3.05) is 20.4 Å². The van der Waals surface area contributed by atoms with Gasteiger partial charge in [-0.15, -0.1) is 0 Å². The van der Waals surface area contributed by atoms with E-state index >= 15 is 0 Å². The monoisotopic (exact) mass is 473 g/mol. The molecule has 5 rings (SSSR count). The van der Waals surface area contributed by atoms with Crippen LogP contribution in [-0.4, -0.2) is 41.0 Å². The second-order valence-electron chi connectivity index (χ2n) is 9.29. The van der Waals surface area contributed by atoms with Crippen LogP contribution in [-0.2, 0) is 10.3 Å². The van der Waals surface area contributed by atoms with Gasteiger partial charge in [0, 0.05) is 34.3 Å². The molecule has 2 fully saturated rings. The van der Waals surface area contributed by atoms with Gasteiger partial charge in [-0.05, 0) is 82.1 Å². The quantitative estimate of drug-likeness (QED) is 0.356. The number of hydrogen-bond acceptors (Lipinski definition) is 4. The van der Waals surface area contributed by atoms with Gasteiger partial charge >= 0.3 is 0 Å². The Morgan fingerprint density at radius 1 is 1.29 bits per heavy atom. The largest absolute Gasteiger partial charge is 0.367 e. The van der Waals surface area contributed by atoms with Crippen molar-refractivity contribution in [2.45, 2.75) is 71.9 Å². The molecule has 0 radical (unpaired) electrons. The minimum atomic E-state index is -0.116. The Hall–Kier alpha value is -2.51. The highest BCUT2D eigenvalue weighted by Gasteiger charge is 2.53. The number of H-pyrrole nitrogens is 1. The minimum absolute atomic E-state index is 0. The van der Waals surface area contributed by atoms with E-state index in [2.05, 4.69) is 30.9 Å². The number of hydrogen-bond donors (Lipinski definition) is 2. The first-order valence-corrected chi connectivity index (χ1v) is 12.0. The molecule has 0 saturated heterocycles. The molecule has 0 amide bonds. The Labute approximate surface area is 205 Å². The summed E-state index contributed by atoms with van der Waals surface area (Å²) in [5.74, 6) is 0.581. The van der Waals surface area contributed by atoms with Gasteiger partial charge in [0.15, 0.2) is 5.65 Å². The van der Waals surface area contributed by atoms with Crippen molar-refractivity contribution < 1.29 is 12.0 Å². The van der Waals surface area contributed by atoms with Crippen molar-refractivity contribution in [2.24, 2.45) is 10.9 Å². The van der Waals surface area contributed by atoms with E-state index in [1.165, 1.54) is 43.7 Å². The maximum atomic E-state index is 12.6. The summed E-state index contributed by atoms with van der Waals surface area (Å²) in [5, 5.41) is 3.55. The molecule has 7 heteroatoms. The lowest BCUT2D eigenvalue weighted by Crippen LogP contribution is -2.37. The van der Waals surface area contributed by atoms with E-state index in [1.54, 1.807) is 13.0 Å². The van der Waals surface area contributed by atoms with Crippen LogP contribution in [0.2, 0.25) is 0 Å². The van der Waals surface area contributed by atoms with Crippen LogP contribution in [0.4, 0.5) is 4.39 Å². The molecule has 0 aliphatic heterocycles. The Bertz CT molecular complexity index is 1160. The average Bonchev–Trinajstić information content (AvgIpc) is 3.22. The van der Waals surface area contributed by atoms with Crippen molar-refractivity contribution in [1.82, 2.24) is 19.9 Å². The number of nitrogens with one attached hydrogen (secondary N) is 2. The first-order chi connectivity index (χ1) is 16.0. The summed E-state index contributed by atoms with van der Waals surface area (Å²) in [7, 11) is 1.86. The summed E-state index contributed by atoms with van der Waals surface area (Å²) < 4.78 is 20.5. The zero-order valence-electron chi connectivity index (χ0n) is 20.2. The lowest BCUT2D eigenvalue weighted by molar-refractivity contribution is 0.119. The third-order valence-electron chi connectivity index (χ3n) is 7.12. The van der Waals surface area contributed by atoms with Gasteiger partial charge < -0.3 is 14.3 Å². The highest BCUT2D eigenvalue weighted by molar-refractivity contribution is 5.71. The van der Waals surface area contributed by atoms with Gasteiger partial charge in [-0.2, -0.15) is 0 Å². The minimum Gasteiger partial charge on any atom is -0.367 e. The maximum Gasteiger partial charge on any atom is 0.154 e. The van der Waals surface area contributed by atoms with E-state index in [-0.39, 0.29) is 21.6 Å². The van der Waals surface area contributed by atoms with Crippen molar-refractivity contribution in [3.63, 3.8) is 0 Å². The summed E-state index contributed by atoms with van der Waals surface area (Å²) >= 11 is 0. The molecule has 2 N–H and O–H groups in total. The molecule has 1 aromatic carbocycles. The van der Waals surface area contributed by atoms with Crippen molar-refractivity contribution in [3.8, 4) is 0 Å². The Balaban J connectivity index is 0.000000465. The van der Waals surface area contributed by atoms with Gasteiger partial charge in [-0.3, -0.25) is 10.3 Å². The van der Waals surface area contributed by atoms with Crippen molar-refractivity contribution in [3.05, 3.63) is 59.1 Å². The number of aromatic amines is 1. The first kappa shape index (κ1) is 26.1. The summed E-state index contributed by atoms with van der Waals surface area (Å²) in [6, 6.07) is 7.93. The summed E-state index contributed by atoms with van der Waals surface area (Å²) in [4.78, 5) is 12.3. The number of benzene rings is 1. The fraction of sp³-hybridized carbons (Fsp3) is 0.556. The van der Waals surface area contributed by atoms with Crippen LogP contribution >= 0.6 is 0 Å². The van der Waals surface area contributed by atoms with E-state index in [9.17, 15) is 4.39 Å². The molecular formula is C27H44FN5O. The molecule has 0 spiro atoms. The molecule has 2 aromatic heterocycles. The first-order valence-electron chi connectivity index (χ1n) is 12.0. The van der Waals surface area contributed by atoms with Gasteiger partial charge in [-0.25, -0.2) is 9.37 Å².